The summed E-state index contributed by atoms with van der Waals surface area (Å²) in [4.78, 5) is 20.2. The van der Waals surface area contributed by atoms with Crippen molar-refractivity contribution < 1.29 is 22.2 Å². The van der Waals surface area contributed by atoms with Gasteiger partial charge in [0.1, 0.15) is 6.17 Å². The van der Waals surface area contributed by atoms with Gasteiger partial charge in [0, 0.05) is 72.8 Å². The Hall–Kier alpha value is -4.20. The van der Waals surface area contributed by atoms with E-state index in [1.165, 1.54) is 0 Å². The Labute approximate surface area is 239 Å². The summed E-state index contributed by atoms with van der Waals surface area (Å²) in [6, 6.07) is 23.4. The number of hydrogen-bond donors (Lipinski definition) is 3. The third-order valence-electron chi connectivity index (χ3n) is 6.41. The lowest BCUT2D eigenvalue weighted by Crippen LogP contribution is -3.00. The number of hydrogen-bond acceptors (Lipinski definition) is 5. The quantitative estimate of drug-likeness (QED) is 0.324. The third-order valence-corrected chi connectivity index (χ3v) is 6.66. The predicted molar refractivity (Wildman–Crippen MR) is 157 cm³/mol. The van der Waals surface area contributed by atoms with Crippen molar-refractivity contribution in [1.29, 1.82) is 0 Å². The summed E-state index contributed by atoms with van der Waals surface area (Å²) in [6.45, 7) is 0. The number of nitrogens with one attached hydrogen (secondary N) is 4. The van der Waals surface area contributed by atoms with Crippen LogP contribution in [0.25, 0.3) is 10.9 Å². The van der Waals surface area contributed by atoms with E-state index in [1.807, 2.05) is 93.1 Å². The van der Waals surface area contributed by atoms with E-state index < -0.39 is 0 Å². The van der Waals surface area contributed by atoms with Gasteiger partial charge in [0.05, 0.1) is 11.1 Å². The summed E-state index contributed by atoms with van der Waals surface area (Å²) in [5.74, 6) is -0.168. The number of likely N-dealkylation sites (N-methyl/N-ethyl adjacent to an activating group) is 1. The first-order valence-corrected chi connectivity index (χ1v) is 12.7. The van der Waals surface area contributed by atoms with Crippen LogP contribution in [0.3, 0.4) is 0 Å². The lowest BCUT2D eigenvalue weighted by molar-refractivity contribution is -0.344. The number of carbonyl (C=O) groups is 1. The minimum absolute atomic E-state index is 0. The molecule has 0 spiro atoms. The molecule has 0 fully saturated rings. The molecule has 3 aromatic carbocycles. The Balaban J connectivity index is 0.00000353. The van der Waals surface area contributed by atoms with Gasteiger partial charge < -0.3 is 38.2 Å². The first kappa shape index (κ1) is 27.8. The van der Waals surface area contributed by atoms with Crippen LogP contribution in [0.2, 0.25) is 0 Å². The first-order valence-electron chi connectivity index (χ1n) is 12.3. The second-order valence-corrected chi connectivity index (χ2v) is 9.81. The number of aromatic nitrogens is 1. The number of allylic oxidation sites excluding steroid dienone is 2. The van der Waals surface area contributed by atoms with Gasteiger partial charge in [0.2, 0.25) is 5.52 Å². The molecule has 5 rings (SSSR count). The smallest absolute Gasteiger partial charge is 0.255 e. The van der Waals surface area contributed by atoms with Crippen molar-refractivity contribution in [3.05, 3.63) is 108 Å². The minimum atomic E-state index is -0.168. The van der Waals surface area contributed by atoms with Crippen LogP contribution in [0.15, 0.2) is 102 Å². The lowest BCUT2D eigenvalue weighted by Gasteiger charge is -2.28. The van der Waals surface area contributed by atoms with Gasteiger partial charge in [-0.2, -0.15) is 0 Å². The zero-order chi connectivity index (χ0) is 26.6. The molecule has 39 heavy (non-hydrogen) atoms. The Morgan fingerprint density at radius 2 is 1.64 bits per heavy atom. The van der Waals surface area contributed by atoms with Crippen LogP contribution in [-0.4, -0.2) is 38.1 Å². The molecule has 0 saturated carbocycles. The molecule has 1 atom stereocenters. The largest absolute Gasteiger partial charge is 1.00 e. The van der Waals surface area contributed by atoms with Gasteiger partial charge >= 0.3 is 0 Å². The molecule has 4 N–H and O–H groups in total. The number of nitrogens with zero attached hydrogens (tertiary/aromatic N) is 2. The molecule has 1 aromatic heterocycles. The van der Waals surface area contributed by atoms with E-state index in [1.54, 1.807) is 12.1 Å². The monoisotopic (exact) mass is 560 g/mol. The molecular weight excluding hydrogens is 531 g/mol. The van der Waals surface area contributed by atoms with E-state index in [9.17, 15) is 4.79 Å². The van der Waals surface area contributed by atoms with Crippen LogP contribution in [0, 0.1) is 0 Å². The molecule has 0 aliphatic carbocycles. The van der Waals surface area contributed by atoms with Gasteiger partial charge in [-0.1, -0.05) is 11.6 Å². The van der Waals surface area contributed by atoms with Gasteiger partial charge in [0.25, 0.3) is 5.91 Å². The van der Waals surface area contributed by atoms with Gasteiger partial charge in [0.15, 0.2) is 6.20 Å². The molecule has 0 saturated heterocycles. The van der Waals surface area contributed by atoms with Crippen molar-refractivity contribution in [2.75, 3.05) is 42.0 Å². The maximum atomic E-state index is 12.8. The maximum absolute atomic E-state index is 12.8. The summed E-state index contributed by atoms with van der Waals surface area (Å²) < 4.78 is 0. The maximum Gasteiger partial charge on any atom is 0.255 e. The van der Waals surface area contributed by atoms with Crippen LogP contribution in [0.1, 0.15) is 10.4 Å². The number of fused-ring (bicyclic) bond motifs is 1. The molecule has 1 aliphatic rings. The number of H-pyrrole nitrogens is 1. The number of aromatic amines is 1. The molecule has 0 radical (unpaired) electrons. The van der Waals surface area contributed by atoms with Gasteiger partial charge in [-0.25, -0.2) is 4.98 Å². The van der Waals surface area contributed by atoms with E-state index in [0.717, 1.165) is 39.3 Å². The molecule has 1 unspecified atom stereocenters. The summed E-state index contributed by atoms with van der Waals surface area (Å²) in [6.07, 6.45) is 7.57. The molecule has 2 heterocycles. The third kappa shape index (κ3) is 6.63. The Bertz CT molecular complexity index is 1520. The Kier molecular flexibility index (Phi) is 8.64. The highest BCUT2D eigenvalue weighted by molar-refractivity contribution is 6.31. The molecule has 1 amide bonds. The highest BCUT2D eigenvalue weighted by atomic mass is 35.5. The number of amides is 1. The van der Waals surface area contributed by atoms with Crippen LogP contribution in [0.4, 0.5) is 28.4 Å². The van der Waals surface area contributed by atoms with Gasteiger partial charge in [-0.05, 0) is 72.8 Å². The van der Waals surface area contributed by atoms with E-state index in [-0.39, 0.29) is 24.5 Å². The van der Waals surface area contributed by atoms with Gasteiger partial charge in [-0.15, -0.1) is 0 Å². The molecule has 0 bridgehead atoms. The van der Waals surface area contributed by atoms with Crippen LogP contribution < -0.4 is 38.2 Å². The minimum Gasteiger partial charge on any atom is -1.00 e. The predicted octanol–water partition coefficient (Wildman–Crippen LogP) is 3.04. The number of anilines is 5. The molecule has 1 aliphatic heterocycles. The highest BCUT2D eigenvalue weighted by Crippen LogP contribution is 2.28. The fraction of sp³-hybridized carbons (Fsp3) is 0.133. The van der Waals surface area contributed by atoms with E-state index in [0.29, 0.717) is 10.6 Å². The number of carbonyl (C=O) groups excluding carboxylic acids is 1. The molecule has 7 nitrogen and oxygen atoms in total. The molecule has 4 aromatic rings. The number of benzene rings is 3. The van der Waals surface area contributed by atoms with E-state index in [2.05, 4.69) is 44.0 Å². The van der Waals surface area contributed by atoms with Crippen LogP contribution >= 0.6 is 11.6 Å². The molecular formula is C30H30Cl2N6O. The highest BCUT2D eigenvalue weighted by Gasteiger charge is 2.14. The number of rotatable bonds is 7. The lowest BCUT2D eigenvalue weighted by atomic mass is 10.1. The molecule has 200 valence electrons. The van der Waals surface area contributed by atoms with Crippen molar-refractivity contribution in [2.24, 2.45) is 0 Å². The topological polar surface area (TPSA) is 73.8 Å². The van der Waals surface area contributed by atoms with Crippen LogP contribution in [-0.2, 0) is 0 Å². The van der Waals surface area contributed by atoms with E-state index in [4.69, 9.17) is 11.6 Å². The second-order valence-electron chi connectivity index (χ2n) is 9.37. The average Bonchev–Trinajstić information content (AvgIpc) is 2.92. The normalized spacial score (nSPS) is 14.3. The van der Waals surface area contributed by atoms with Gasteiger partial charge in [-0.3, -0.25) is 4.79 Å². The van der Waals surface area contributed by atoms with Crippen LogP contribution in [0.5, 0.6) is 0 Å². The second kappa shape index (κ2) is 12.1. The van der Waals surface area contributed by atoms with Crippen molar-refractivity contribution in [2.45, 2.75) is 6.17 Å². The standard InChI is InChI=1S/C30H29ClN6O.ClH/c1-36(2)25-12-13-27-26(19-25)28(14-16-32-27)33-22-8-10-24(11-9-22)35-30(38)20-4-6-23(7-5-20)34-29-18-21(31)15-17-37(29)3;/h4-19,29,34H,1-3H3,(H,32,33)(H,35,38);1H. The SMILES string of the molecule is CN(C)c1ccc2[nH+]ccc(Nc3ccc(NC(=O)c4ccc(NC5C=C(Cl)C=CN5C)cc4)cc3)c2c1.[Cl-]. The summed E-state index contributed by atoms with van der Waals surface area (Å²) in [7, 11) is 6.03. The van der Waals surface area contributed by atoms with Crippen molar-refractivity contribution >= 4 is 56.8 Å². The van der Waals surface area contributed by atoms with E-state index >= 15 is 0 Å². The van der Waals surface area contributed by atoms with Crippen molar-refractivity contribution in [1.82, 2.24) is 4.90 Å². The average molecular weight is 562 g/mol. The Morgan fingerprint density at radius 3 is 2.36 bits per heavy atom. The number of pyridine rings is 1. The zero-order valence-electron chi connectivity index (χ0n) is 21.9. The fourth-order valence-electron chi connectivity index (χ4n) is 4.21. The Morgan fingerprint density at radius 1 is 0.949 bits per heavy atom. The zero-order valence-corrected chi connectivity index (χ0v) is 23.4. The number of halogens is 2. The summed E-state index contributed by atoms with van der Waals surface area (Å²) >= 11 is 6.12. The summed E-state index contributed by atoms with van der Waals surface area (Å²) in [5.41, 5.74) is 6.30. The first-order chi connectivity index (χ1) is 18.4. The summed E-state index contributed by atoms with van der Waals surface area (Å²) in [5, 5.41) is 11.6. The van der Waals surface area contributed by atoms with Crippen molar-refractivity contribution in [3.8, 4) is 0 Å². The fourth-order valence-corrected chi connectivity index (χ4v) is 4.38. The van der Waals surface area contributed by atoms with Crippen molar-refractivity contribution in [3.63, 3.8) is 0 Å². The molecule has 9 heteroatoms.